The lowest BCUT2D eigenvalue weighted by atomic mass is 10.0. The smallest absolute Gasteiger partial charge is 0.321 e. The predicted molar refractivity (Wildman–Crippen MR) is 135 cm³/mol. The molecule has 1 fully saturated rings. The molecule has 0 radical (unpaired) electrons. The molecule has 178 valence electrons. The molecule has 9 heteroatoms. The second-order valence-corrected chi connectivity index (χ2v) is 9.19. The van der Waals surface area contributed by atoms with Crippen molar-refractivity contribution in [1.82, 2.24) is 14.9 Å². The summed E-state index contributed by atoms with van der Waals surface area (Å²) in [4.78, 5) is 26.2. The maximum Gasteiger partial charge on any atom is 0.321 e. The van der Waals surface area contributed by atoms with Gasteiger partial charge in [-0.15, -0.1) is 0 Å². The topological polar surface area (TPSA) is 61.4 Å². The van der Waals surface area contributed by atoms with Gasteiger partial charge in [0.2, 0.25) is 0 Å². The van der Waals surface area contributed by atoms with E-state index in [2.05, 4.69) is 15.2 Å². The monoisotopic (exact) mass is 501 g/mol. The minimum Gasteiger partial charge on any atom is -0.354 e. The number of hydrogen-bond donors (Lipinski definition) is 1. The van der Waals surface area contributed by atoms with Gasteiger partial charge in [-0.1, -0.05) is 35.3 Å². The molecule has 34 heavy (non-hydrogen) atoms. The van der Waals surface area contributed by atoms with Crippen molar-refractivity contribution in [3.05, 3.63) is 81.0 Å². The summed E-state index contributed by atoms with van der Waals surface area (Å²) in [6.45, 7) is 6.45. The number of rotatable bonds is 4. The molecule has 4 rings (SSSR count). The van der Waals surface area contributed by atoms with E-state index in [0.717, 1.165) is 41.4 Å². The normalized spacial score (nSPS) is 14.1. The van der Waals surface area contributed by atoms with E-state index in [1.165, 1.54) is 18.2 Å². The van der Waals surface area contributed by atoms with Crippen LogP contribution in [0, 0.1) is 19.7 Å². The highest BCUT2D eigenvalue weighted by molar-refractivity contribution is 6.31. The fourth-order valence-corrected chi connectivity index (χ4v) is 4.41. The molecule has 3 aromatic rings. The highest BCUT2D eigenvalue weighted by atomic mass is 35.5. The number of anilines is 2. The van der Waals surface area contributed by atoms with Gasteiger partial charge in [0.1, 0.15) is 17.5 Å². The van der Waals surface area contributed by atoms with E-state index < -0.39 is 5.82 Å². The summed E-state index contributed by atoms with van der Waals surface area (Å²) in [6, 6.07) is 11.7. The van der Waals surface area contributed by atoms with Crippen LogP contribution in [0.5, 0.6) is 0 Å². The summed E-state index contributed by atoms with van der Waals surface area (Å²) in [5.74, 6) is 1.11. The number of carbonyl (C=O) groups is 1. The highest BCUT2D eigenvalue weighted by Crippen LogP contribution is 2.26. The van der Waals surface area contributed by atoms with Crippen molar-refractivity contribution in [1.29, 1.82) is 0 Å². The standard InChI is InChI=1S/C25H26Cl2FN5O/c1-16-21(14-18-4-6-19(26)7-5-18)24(30-17(2)29-16)32-10-3-11-33(13-12-32)25(34)31-20-8-9-23(28)22(27)15-20/h4-9,15H,3,10-14H2,1-2H3,(H,31,34). The van der Waals surface area contributed by atoms with Crippen LogP contribution in [-0.2, 0) is 6.42 Å². The largest absolute Gasteiger partial charge is 0.354 e. The number of benzene rings is 2. The molecule has 0 unspecified atom stereocenters. The predicted octanol–water partition coefficient (Wildman–Crippen LogP) is 5.87. The fraction of sp³-hybridized carbons (Fsp3) is 0.320. The van der Waals surface area contributed by atoms with E-state index >= 15 is 0 Å². The molecule has 1 aliphatic rings. The Morgan fingerprint density at radius 2 is 1.79 bits per heavy atom. The van der Waals surface area contributed by atoms with Crippen molar-refractivity contribution < 1.29 is 9.18 Å². The number of halogens is 3. The molecule has 1 aliphatic heterocycles. The minimum atomic E-state index is -0.519. The number of aryl methyl sites for hydroxylation is 2. The zero-order valence-corrected chi connectivity index (χ0v) is 20.6. The van der Waals surface area contributed by atoms with Crippen molar-refractivity contribution in [3.63, 3.8) is 0 Å². The minimum absolute atomic E-state index is 0.0254. The molecule has 0 spiro atoms. The summed E-state index contributed by atoms with van der Waals surface area (Å²) >= 11 is 11.9. The fourth-order valence-electron chi connectivity index (χ4n) is 4.10. The zero-order chi connectivity index (χ0) is 24.2. The zero-order valence-electron chi connectivity index (χ0n) is 19.1. The quantitative estimate of drug-likeness (QED) is 0.485. The molecule has 1 N–H and O–H groups in total. The number of nitrogens with zero attached hydrogens (tertiary/aromatic N) is 4. The van der Waals surface area contributed by atoms with Gasteiger partial charge in [-0.2, -0.15) is 0 Å². The molecule has 0 aliphatic carbocycles. The Balaban J connectivity index is 1.49. The van der Waals surface area contributed by atoms with Gasteiger partial charge in [0.05, 0.1) is 5.02 Å². The molecule has 2 amide bonds. The number of carbonyl (C=O) groups excluding carboxylic acids is 1. The molecule has 0 bridgehead atoms. The summed E-state index contributed by atoms with van der Waals surface area (Å²) in [5.41, 5.74) is 3.62. The third-order valence-electron chi connectivity index (χ3n) is 5.85. The maximum atomic E-state index is 13.4. The van der Waals surface area contributed by atoms with Gasteiger partial charge in [0, 0.05) is 54.6 Å². The first kappa shape index (κ1) is 24.2. The first-order valence-corrected chi connectivity index (χ1v) is 11.9. The van der Waals surface area contributed by atoms with E-state index in [9.17, 15) is 9.18 Å². The average molecular weight is 502 g/mol. The van der Waals surface area contributed by atoms with Crippen LogP contribution in [0.3, 0.4) is 0 Å². The van der Waals surface area contributed by atoms with Crippen LogP contribution >= 0.6 is 23.2 Å². The third kappa shape index (κ3) is 5.77. The van der Waals surface area contributed by atoms with Crippen LogP contribution in [0.4, 0.5) is 20.7 Å². The van der Waals surface area contributed by atoms with Crippen LogP contribution in [0.15, 0.2) is 42.5 Å². The van der Waals surface area contributed by atoms with Crippen molar-refractivity contribution in [2.75, 3.05) is 36.4 Å². The van der Waals surface area contributed by atoms with Gasteiger partial charge >= 0.3 is 6.03 Å². The van der Waals surface area contributed by atoms with Crippen LogP contribution in [0.1, 0.15) is 29.1 Å². The Morgan fingerprint density at radius 1 is 1.03 bits per heavy atom. The van der Waals surface area contributed by atoms with Crippen molar-refractivity contribution in [2.45, 2.75) is 26.7 Å². The number of hydrogen-bond acceptors (Lipinski definition) is 4. The Bertz CT molecular complexity index is 1190. The van der Waals surface area contributed by atoms with Crippen molar-refractivity contribution in [3.8, 4) is 0 Å². The van der Waals surface area contributed by atoms with Gasteiger partial charge in [0.15, 0.2) is 0 Å². The van der Waals surface area contributed by atoms with E-state index in [1.807, 2.05) is 38.1 Å². The average Bonchev–Trinajstić information content (AvgIpc) is 3.06. The first-order chi connectivity index (χ1) is 16.3. The first-order valence-electron chi connectivity index (χ1n) is 11.1. The van der Waals surface area contributed by atoms with Gasteiger partial charge in [-0.25, -0.2) is 19.2 Å². The van der Waals surface area contributed by atoms with Gasteiger partial charge in [0.25, 0.3) is 0 Å². The van der Waals surface area contributed by atoms with E-state index in [-0.39, 0.29) is 11.1 Å². The molecule has 2 heterocycles. The van der Waals surface area contributed by atoms with Crippen LogP contribution < -0.4 is 10.2 Å². The summed E-state index contributed by atoms with van der Waals surface area (Å²) in [7, 11) is 0. The molecular weight excluding hydrogens is 476 g/mol. The van der Waals surface area contributed by atoms with Crippen molar-refractivity contribution >= 4 is 40.7 Å². The van der Waals surface area contributed by atoms with Crippen molar-refractivity contribution in [2.24, 2.45) is 0 Å². The van der Waals surface area contributed by atoms with E-state index in [1.54, 1.807) is 4.90 Å². The SMILES string of the molecule is Cc1nc(C)c(Cc2ccc(Cl)cc2)c(N2CCCN(C(=O)Nc3ccc(F)c(Cl)c3)CC2)n1. The van der Waals surface area contributed by atoms with Gasteiger partial charge in [-0.3, -0.25) is 0 Å². The Labute approximate surface area is 208 Å². The second kappa shape index (κ2) is 10.6. The summed E-state index contributed by atoms with van der Waals surface area (Å²) in [5, 5.41) is 3.49. The van der Waals surface area contributed by atoms with E-state index in [0.29, 0.717) is 36.8 Å². The molecule has 0 saturated carbocycles. The van der Waals surface area contributed by atoms with Gasteiger partial charge in [-0.05, 0) is 56.2 Å². The lowest BCUT2D eigenvalue weighted by Crippen LogP contribution is -2.38. The van der Waals surface area contributed by atoms with Crippen LogP contribution in [0.2, 0.25) is 10.0 Å². The second-order valence-electron chi connectivity index (χ2n) is 8.35. The summed E-state index contributed by atoms with van der Waals surface area (Å²) < 4.78 is 13.4. The maximum absolute atomic E-state index is 13.4. The van der Waals surface area contributed by atoms with Gasteiger partial charge < -0.3 is 15.1 Å². The number of amides is 2. The number of aromatic nitrogens is 2. The lowest BCUT2D eigenvalue weighted by Gasteiger charge is -2.26. The Hall–Kier alpha value is -2.90. The molecule has 6 nitrogen and oxygen atoms in total. The lowest BCUT2D eigenvalue weighted by molar-refractivity contribution is 0.215. The Morgan fingerprint density at radius 3 is 2.53 bits per heavy atom. The molecular formula is C25H26Cl2FN5O. The highest BCUT2D eigenvalue weighted by Gasteiger charge is 2.23. The summed E-state index contributed by atoms with van der Waals surface area (Å²) in [6.07, 6.45) is 1.49. The Kier molecular flexibility index (Phi) is 7.54. The third-order valence-corrected chi connectivity index (χ3v) is 6.39. The molecule has 1 saturated heterocycles. The number of urea groups is 1. The van der Waals surface area contributed by atoms with Crippen LogP contribution in [0.25, 0.3) is 0 Å². The molecule has 1 aromatic heterocycles. The van der Waals surface area contributed by atoms with E-state index in [4.69, 9.17) is 28.2 Å². The van der Waals surface area contributed by atoms with Crippen LogP contribution in [-0.4, -0.2) is 47.1 Å². The molecule has 2 aromatic carbocycles. The molecule has 0 atom stereocenters. The number of nitrogens with one attached hydrogen (secondary N) is 1.